The van der Waals surface area contributed by atoms with Gasteiger partial charge < -0.3 is 15.2 Å². The molecule has 0 atom stereocenters. The van der Waals surface area contributed by atoms with Gasteiger partial charge in [0.05, 0.1) is 16.3 Å². The summed E-state index contributed by atoms with van der Waals surface area (Å²) in [6, 6.07) is 8.51. The number of anilines is 1. The van der Waals surface area contributed by atoms with Crippen LogP contribution in [-0.4, -0.2) is 17.0 Å². The summed E-state index contributed by atoms with van der Waals surface area (Å²) in [5.41, 5.74) is 0.764. The lowest BCUT2D eigenvalue weighted by molar-refractivity contribution is -0.115. The van der Waals surface area contributed by atoms with E-state index in [1.807, 2.05) is 0 Å². The number of carboxylic acid groups (broad SMARTS) is 1. The number of carbonyl (C=O) groups excluding carboxylic acids is 1. The number of nitrogens with one attached hydrogen (secondary N) is 1. The summed E-state index contributed by atoms with van der Waals surface area (Å²) in [7, 11) is 0. The van der Waals surface area contributed by atoms with Crippen molar-refractivity contribution in [1.29, 1.82) is 0 Å². The molecule has 0 fully saturated rings. The Kier molecular flexibility index (Phi) is 5.76. The summed E-state index contributed by atoms with van der Waals surface area (Å²) >= 11 is 5.70. The minimum Gasteiger partial charge on any atom is -0.489 e. The van der Waals surface area contributed by atoms with Crippen LogP contribution in [0.2, 0.25) is 5.02 Å². The normalized spacial score (nSPS) is 10.3. The zero-order valence-electron chi connectivity index (χ0n) is 12.8. The Morgan fingerprint density at radius 1 is 1.25 bits per heavy atom. The molecule has 7 heteroatoms. The Labute approximate surface area is 143 Å². The molecule has 0 radical (unpaired) electrons. The molecule has 5 nitrogen and oxygen atoms in total. The largest absolute Gasteiger partial charge is 0.489 e. The van der Waals surface area contributed by atoms with Crippen LogP contribution in [0.1, 0.15) is 29.3 Å². The summed E-state index contributed by atoms with van der Waals surface area (Å²) in [4.78, 5) is 22.8. The average Bonchev–Trinajstić information content (AvgIpc) is 2.56. The van der Waals surface area contributed by atoms with Crippen molar-refractivity contribution < 1.29 is 23.8 Å². The second-order valence-corrected chi connectivity index (χ2v) is 5.36. The molecule has 2 rings (SSSR count). The second kappa shape index (κ2) is 7.79. The maximum absolute atomic E-state index is 13.1. The predicted octanol–water partition coefficient (Wildman–Crippen LogP) is 4.10. The van der Waals surface area contributed by atoms with E-state index in [0.29, 0.717) is 11.3 Å². The van der Waals surface area contributed by atoms with E-state index in [9.17, 15) is 19.1 Å². The maximum atomic E-state index is 13.1. The second-order valence-electron chi connectivity index (χ2n) is 4.95. The topological polar surface area (TPSA) is 75.6 Å². The van der Waals surface area contributed by atoms with Gasteiger partial charge in [-0.3, -0.25) is 4.79 Å². The predicted molar refractivity (Wildman–Crippen MR) is 88.1 cm³/mol. The Balaban J connectivity index is 2.15. The minimum absolute atomic E-state index is 0.0139. The van der Waals surface area contributed by atoms with Gasteiger partial charge in [-0.15, -0.1) is 0 Å². The summed E-state index contributed by atoms with van der Waals surface area (Å²) in [5, 5.41) is 11.8. The maximum Gasteiger partial charge on any atom is 0.337 e. The van der Waals surface area contributed by atoms with Crippen molar-refractivity contribution in [2.24, 2.45) is 0 Å². The summed E-state index contributed by atoms with van der Waals surface area (Å²) in [6.07, 6.45) is 0.239. The van der Waals surface area contributed by atoms with E-state index in [-0.39, 0.29) is 35.2 Å². The number of benzene rings is 2. The van der Waals surface area contributed by atoms with E-state index >= 15 is 0 Å². The first-order chi connectivity index (χ1) is 11.4. The fourth-order valence-corrected chi connectivity index (χ4v) is 2.14. The summed E-state index contributed by atoms with van der Waals surface area (Å²) in [5.74, 6) is -1.68. The Bertz CT molecular complexity index is 779. The zero-order chi connectivity index (χ0) is 17.7. The Morgan fingerprint density at radius 2 is 2.00 bits per heavy atom. The number of ether oxygens (including phenoxy) is 1. The highest BCUT2D eigenvalue weighted by atomic mass is 35.5. The van der Waals surface area contributed by atoms with Gasteiger partial charge in [0.25, 0.3) is 0 Å². The van der Waals surface area contributed by atoms with E-state index < -0.39 is 11.8 Å². The molecule has 0 saturated heterocycles. The van der Waals surface area contributed by atoms with Gasteiger partial charge in [-0.25, -0.2) is 9.18 Å². The molecule has 0 aliphatic rings. The van der Waals surface area contributed by atoms with Gasteiger partial charge in [0, 0.05) is 6.42 Å². The van der Waals surface area contributed by atoms with Crippen molar-refractivity contribution >= 4 is 29.2 Å². The molecule has 0 spiro atoms. The number of hydrogen-bond donors (Lipinski definition) is 2. The third-order valence-electron chi connectivity index (χ3n) is 3.21. The van der Waals surface area contributed by atoms with Gasteiger partial charge in [0.2, 0.25) is 5.91 Å². The first-order valence-corrected chi connectivity index (χ1v) is 7.52. The van der Waals surface area contributed by atoms with Crippen LogP contribution >= 0.6 is 11.6 Å². The molecule has 0 unspecified atom stereocenters. The molecule has 2 aromatic rings. The van der Waals surface area contributed by atoms with Gasteiger partial charge in [-0.05, 0) is 35.9 Å². The van der Waals surface area contributed by atoms with Gasteiger partial charge >= 0.3 is 5.97 Å². The third kappa shape index (κ3) is 4.45. The molecule has 0 aromatic heterocycles. The SMILES string of the molecule is CCC(=O)Nc1ccc(OCc2ccc(F)c(Cl)c2)cc1C(=O)O. The minimum atomic E-state index is -1.18. The molecule has 2 N–H and O–H groups in total. The molecule has 126 valence electrons. The molecular weight excluding hydrogens is 337 g/mol. The lowest BCUT2D eigenvalue weighted by Crippen LogP contribution is -2.13. The van der Waals surface area contributed by atoms with Crippen molar-refractivity contribution in [1.82, 2.24) is 0 Å². The molecular formula is C17H15ClFNO4. The fraction of sp³-hybridized carbons (Fsp3) is 0.176. The zero-order valence-corrected chi connectivity index (χ0v) is 13.6. The number of carbonyl (C=O) groups is 2. The first-order valence-electron chi connectivity index (χ1n) is 7.14. The third-order valence-corrected chi connectivity index (χ3v) is 3.50. The molecule has 24 heavy (non-hydrogen) atoms. The van der Waals surface area contributed by atoms with Gasteiger partial charge in [0.15, 0.2) is 0 Å². The number of carboxylic acids is 1. The molecule has 0 saturated carbocycles. The highest BCUT2D eigenvalue weighted by molar-refractivity contribution is 6.30. The van der Waals surface area contributed by atoms with Gasteiger partial charge in [-0.1, -0.05) is 24.6 Å². The highest BCUT2D eigenvalue weighted by Crippen LogP contribution is 2.24. The van der Waals surface area contributed by atoms with Crippen LogP contribution in [-0.2, 0) is 11.4 Å². The Morgan fingerprint density at radius 3 is 2.62 bits per heavy atom. The number of hydrogen-bond acceptors (Lipinski definition) is 3. The number of rotatable bonds is 6. The van der Waals surface area contributed by atoms with Crippen LogP contribution in [0, 0.1) is 5.82 Å². The van der Waals surface area contributed by atoms with Crippen molar-refractivity contribution in [3.63, 3.8) is 0 Å². The molecule has 0 bridgehead atoms. The van der Waals surface area contributed by atoms with E-state index in [1.54, 1.807) is 13.0 Å². The quantitative estimate of drug-likeness (QED) is 0.821. The lowest BCUT2D eigenvalue weighted by Gasteiger charge is -2.11. The van der Waals surface area contributed by atoms with Gasteiger partial charge in [-0.2, -0.15) is 0 Å². The number of amides is 1. The number of aromatic carboxylic acids is 1. The molecule has 0 aliphatic carbocycles. The van der Waals surface area contributed by atoms with Crippen LogP contribution in [0.3, 0.4) is 0 Å². The lowest BCUT2D eigenvalue weighted by atomic mass is 10.1. The smallest absolute Gasteiger partial charge is 0.337 e. The van der Waals surface area contributed by atoms with Crippen molar-refractivity contribution in [3.05, 3.63) is 58.4 Å². The number of halogens is 2. The van der Waals surface area contributed by atoms with E-state index in [1.165, 1.54) is 30.3 Å². The fourth-order valence-electron chi connectivity index (χ4n) is 1.93. The first kappa shape index (κ1) is 17.7. The molecule has 1 amide bonds. The molecule has 2 aromatic carbocycles. The van der Waals surface area contributed by atoms with Crippen molar-refractivity contribution in [3.8, 4) is 5.75 Å². The average molecular weight is 352 g/mol. The van der Waals surface area contributed by atoms with Crippen LogP contribution in [0.25, 0.3) is 0 Å². The van der Waals surface area contributed by atoms with Crippen molar-refractivity contribution in [2.45, 2.75) is 20.0 Å². The molecule has 0 aliphatic heterocycles. The van der Waals surface area contributed by atoms with Crippen LogP contribution in [0.4, 0.5) is 10.1 Å². The molecule has 0 heterocycles. The van der Waals surface area contributed by atoms with E-state index in [4.69, 9.17) is 16.3 Å². The Hall–Kier alpha value is -2.60. The monoisotopic (exact) mass is 351 g/mol. The van der Waals surface area contributed by atoms with Crippen molar-refractivity contribution in [2.75, 3.05) is 5.32 Å². The van der Waals surface area contributed by atoms with Crippen LogP contribution < -0.4 is 10.1 Å². The summed E-state index contributed by atoms with van der Waals surface area (Å²) in [6.45, 7) is 1.76. The van der Waals surface area contributed by atoms with E-state index in [2.05, 4.69) is 5.32 Å². The van der Waals surface area contributed by atoms with E-state index in [0.717, 1.165) is 0 Å². The standard InChI is InChI=1S/C17H15ClFNO4/c1-2-16(21)20-15-6-4-11(8-12(15)17(22)23)24-9-10-3-5-14(19)13(18)7-10/h3-8H,2,9H2,1H3,(H,20,21)(H,22,23). The van der Waals surface area contributed by atoms with Gasteiger partial charge in [0.1, 0.15) is 18.2 Å². The highest BCUT2D eigenvalue weighted by Gasteiger charge is 2.13. The van der Waals surface area contributed by atoms with Crippen LogP contribution in [0.5, 0.6) is 5.75 Å². The summed E-state index contributed by atoms with van der Waals surface area (Å²) < 4.78 is 18.6. The van der Waals surface area contributed by atoms with Crippen LogP contribution in [0.15, 0.2) is 36.4 Å².